The van der Waals surface area contributed by atoms with Crippen LogP contribution < -0.4 is 5.73 Å². The second-order valence-corrected chi connectivity index (χ2v) is 7.82. The molecule has 1 aliphatic rings. The Morgan fingerprint density at radius 1 is 1.40 bits per heavy atom. The van der Waals surface area contributed by atoms with Gasteiger partial charge >= 0.3 is 0 Å². The minimum Gasteiger partial charge on any atom is -0.327 e. The summed E-state index contributed by atoms with van der Waals surface area (Å²) in [6.45, 7) is 6.16. The maximum absolute atomic E-state index is 12.0. The number of hydrogen-bond acceptors (Lipinski definition) is 3. The summed E-state index contributed by atoms with van der Waals surface area (Å²) in [5.74, 6) is 0.279. The molecule has 0 spiro atoms. The van der Waals surface area contributed by atoms with Crippen molar-refractivity contribution in [2.24, 2.45) is 11.1 Å². The topological polar surface area (TPSA) is 60.2 Å². The average Bonchev–Trinajstić information content (AvgIpc) is 2.09. The number of hydrogen-bond donors (Lipinski definition) is 1. The predicted octanol–water partition coefficient (Wildman–Crippen LogP) is 1.72. The lowest BCUT2D eigenvalue weighted by Crippen LogP contribution is -2.48. The molecule has 2 atom stereocenters. The van der Waals surface area contributed by atoms with E-state index in [0.29, 0.717) is 6.42 Å². The zero-order chi connectivity index (χ0) is 11.7. The van der Waals surface area contributed by atoms with Gasteiger partial charge in [0.1, 0.15) is 0 Å². The molecule has 2 unspecified atom stereocenters. The van der Waals surface area contributed by atoms with E-state index in [0.717, 1.165) is 19.3 Å². The molecule has 15 heavy (non-hydrogen) atoms. The molecule has 0 aromatic rings. The first-order valence-corrected chi connectivity index (χ1v) is 7.47. The molecule has 0 aliphatic heterocycles. The summed E-state index contributed by atoms with van der Waals surface area (Å²) in [7, 11) is -2.98. The fourth-order valence-corrected chi connectivity index (χ4v) is 4.62. The van der Waals surface area contributed by atoms with Crippen LogP contribution in [0.1, 0.15) is 46.5 Å². The summed E-state index contributed by atoms with van der Waals surface area (Å²) in [5, 5.41) is -0.318. The van der Waals surface area contributed by atoms with Crippen molar-refractivity contribution in [3.05, 3.63) is 0 Å². The molecule has 90 valence electrons. The van der Waals surface area contributed by atoms with Crippen LogP contribution in [0, 0.1) is 5.41 Å². The van der Waals surface area contributed by atoms with E-state index in [1.807, 2.05) is 6.92 Å². The average molecular weight is 233 g/mol. The van der Waals surface area contributed by atoms with Crippen molar-refractivity contribution in [2.45, 2.75) is 57.7 Å². The van der Waals surface area contributed by atoms with Crippen LogP contribution in [0.5, 0.6) is 0 Å². The molecule has 2 N–H and O–H groups in total. The molecule has 0 heterocycles. The first kappa shape index (κ1) is 13.0. The normalized spacial score (nSPS) is 31.5. The largest absolute Gasteiger partial charge is 0.327 e. The molecule has 0 bridgehead atoms. The zero-order valence-corrected chi connectivity index (χ0v) is 10.8. The smallest absolute Gasteiger partial charge is 0.154 e. The monoisotopic (exact) mass is 233 g/mol. The second-order valence-electron chi connectivity index (χ2n) is 5.48. The minimum absolute atomic E-state index is 0.126. The molecule has 1 fully saturated rings. The third-order valence-electron chi connectivity index (χ3n) is 3.34. The van der Waals surface area contributed by atoms with E-state index in [-0.39, 0.29) is 22.5 Å². The Morgan fingerprint density at radius 3 is 2.53 bits per heavy atom. The highest BCUT2D eigenvalue weighted by Crippen LogP contribution is 2.37. The van der Waals surface area contributed by atoms with Crippen LogP contribution in [0.15, 0.2) is 0 Å². The van der Waals surface area contributed by atoms with Crippen LogP contribution in [0.2, 0.25) is 0 Å². The van der Waals surface area contributed by atoms with Gasteiger partial charge in [-0.2, -0.15) is 0 Å². The molecular weight excluding hydrogens is 210 g/mol. The third-order valence-corrected chi connectivity index (χ3v) is 5.75. The fourth-order valence-electron chi connectivity index (χ4n) is 2.37. The van der Waals surface area contributed by atoms with E-state index in [2.05, 4.69) is 13.8 Å². The minimum atomic E-state index is -2.98. The maximum Gasteiger partial charge on any atom is 0.154 e. The highest BCUT2D eigenvalue weighted by atomic mass is 32.2. The molecule has 4 heteroatoms. The number of sulfone groups is 1. The molecule has 0 saturated heterocycles. The molecule has 0 aromatic heterocycles. The molecule has 1 rings (SSSR count). The van der Waals surface area contributed by atoms with Gasteiger partial charge in [0.05, 0.1) is 11.0 Å². The van der Waals surface area contributed by atoms with E-state index in [1.54, 1.807) is 0 Å². The van der Waals surface area contributed by atoms with E-state index in [1.165, 1.54) is 0 Å². The Balaban J connectivity index is 2.83. The maximum atomic E-state index is 12.0. The Bertz CT molecular complexity index is 309. The summed E-state index contributed by atoms with van der Waals surface area (Å²) in [4.78, 5) is 0. The molecule has 0 amide bonds. The van der Waals surface area contributed by atoms with Crippen molar-refractivity contribution in [3.8, 4) is 0 Å². The van der Waals surface area contributed by atoms with Gasteiger partial charge < -0.3 is 5.73 Å². The van der Waals surface area contributed by atoms with Crippen molar-refractivity contribution < 1.29 is 8.42 Å². The van der Waals surface area contributed by atoms with Gasteiger partial charge in [-0.1, -0.05) is 20.8 Å². The SMILES string of the molecule is CCCS(=O)(=O)C1CC(C)(C)CCC1N. The van der Waals surface area contributed by atoms with Crippen molar-refractivity contribution in [3.63, 3.8) is 0 Å². The molecular formula is C11H23NO2S. The van der Waals surface area contributed by atoms with Crippen LogP contribution in [-0.4, -0.2) is 25.5 Å². The Morgan fingerprint density at radius 2 is 2.00 bits per heavy atom. The molecule has 0 radical (unpaired) electrons. The lowest BCUT2D eigenvalue weighted by Gasteiger charge is -2.38. The Labute approximate surface area is 93.3 Å². The van der Waals surface area contributed by atoms with Crippen LogP contribution in [0.4, 0.5) is 0 Å². The number of rotatable bonds is 3. The summed E-state index contributed by atoms with van der Waals surface area (Å²) in [6.07, 6.45) is 3.27. The highest BCUT2D eigenvalue weighted by molar-refractivity contribution is 7.92. The molecule has 1 aliphatic carbocycles. The van der Waals surface area contributed by atoms with Crippen molar-refractivity contribution >= 4 is 9.84 Å². The van der Waals surface area contributed by atoms with Crippen molar-refractivity contribution in [1.82, 2.24) is 0 Å². The summed E-state index contributed by atoms with van der Waals surface area (Å²) in [5.41, 5.74) is 6.06. The van der Waals surface area contributed by atoms with E-state index >= 15 is 0 Å². The summed E-state index contributed by atoms with van der Waals surface area (Å²) < 4.78 is 24.0. The fraction of sp³-hybridized carbons (Fsp3) is 1.00. The van der Waals surface area contributed by atoms with Gasteiger partial charge in [-0.3, -0.25) is 0 Å². The zero-order valence-electron chi connectivity index (χ0n) is 9.99. The van der Waals surface area contributed by atoms with Gasteiger partial charge in [0.15, 0.2) is 9.84 Å². The van der Waals surface area contributed by atoms with Crippen molar-refractivity contribution in [1.29, 1.82) is 0 Å². The quantitative estimate of drug-likeness (QED) is 0.807. The Kier molecular flexibility index (Phi) is 3.82. The predicted molar refractivity (Wildman–Crippen MR) is 63.5 cm³/mol. The standard InChI is InChI=1S/C11H23NO2S/c1-4-7-15(13,14)10-8-11(2,3)6-5-9(10)12/h9-10H,4-8,12H2,1-3H3. The molecule has 0 aromatic carbocycles. The third kappa shape index (κ3) is 3.18. The summed E-state index contributed by atoms with van der Waals surface area (Å²) >= 11 is 0. The van der Waals surface area contributed by atoms with E-state index in [9.17, 15) is 8.42 Å². The van der Waals surface area contributed by atoms with Gasteiger partial charge in [-0.15, -0.1) is 0 Å². The van der Waals surface area contributed by atoms with Crippen molar-refractivity contribution in [2.75, 3.05) is 5.75 Å². The lowest BCUT2D eigenvalue weighted by atomic mass is 9.75. The van der Waals surface area contributed by atoms with Crippen LogP contribution >= 0.6 is 0 Å². The van der Waals surface area contributed by atoms with E-state index < -0.39 is 9.84 Å². The van der Waals surface area contributed by atoms with Gasteiger partial charge in [0.2, 0.25) is 0 Å². The second kappa shape index (κ2) is 4.42. The highest BCUT2D eigenvalue weighted by Gasteiger charge is 2.39. The van der Waals surface area contributed by atoms with E-state index in [4.69, 9.17) is 5.73 Å². The first-order valence-electron chi connectivity index (χ1n) is 5.76. The van der Waals surface area contributed by atoms with Gasteiger partial charge in [-0.25, -0.2) is 8.42 Å². The number of nitrogens with two attached hydrogens (primary N) is 1. The molecule has 1 saturated carbocycles. The van der Waals surface area contributed by atoms with Gasteiger partial charge in [0, 0.05) is 6.04 Å². The first-order chi connectivity index (χ1) is 6.78. The lowest BCUT2D eigenvalue weighted by molar-refractivity contribution is 0.227. The summed E-state index contributed by atoms with van der Waals surface area (Å²) in [6, 6.07) is -0.158. The molecule has 3 nitrogen and oxygen atoms in total. The van der Waals surface area contributed by atoms with Gasteiger partial charge in [0.25, 0.3) is 0 Å². The van der Waals surface area contributed by atoms with Crippen LogP contribution in [0.25, 0.3) is 0 Å². The van der Waals surface area contributed by atoms with Crippen LogP contribution in [0.3, 0.4) is 0 Å². The Hall–Kier alpha value is -0.0900. The van der Waals surface area contributed by atoms with Gasteiger partial charge in [-0.05, 0) is 31.1 Å². The van der Waals surface area contributed by atoms with Crippen LogP contribution in [-0.2, 0) is 9.84 Å².